The Morgan fingerprint density at radius 2 is 1.68 bits per heavy atom. The quantitative estimate of drug-likeness (QED) is 0.450. The number of unbranched alkanes of at least 4 members (excludes halogenated alkanes) is 3. The molecule has 1 aromatic rings. The summed E-state index contributed by atoms with van der Waals surface area (Å²) in [5.41, 5.74) is 0.0854. The van der Waals surface area contributed by atoms with Gasteiger partial charge in [-0.2, -0.15) is 0 Å². The van der Waals surface area contributed by atoms with E-state index in [1.165, 1.54) is 12.1 Å². The molecule has 0 fully saturated rings. The summed E-state index contributed by atoms with van der Waals surface area (Å²) in [6.45, 7) is 0.328. The molecule has 0 saturated heterocycles. The Morgan fingerprint density at radius 3 is 2.32 bits per heavy atom. The number of benzene rings is 1. The highest BCUT2D eigenvalue weighted by molar-refractivity contribution is 9.09. The second-order valence-corrected chi connectivity index (χ2v) is 4.88. The van der Waals surface area contributed by atoms with Crippen LogP contribution in [0.3, 0.4) is 0 Å². The van der Waals surface area contributed by atoms with Crippen LogP contribution in [0.5, 0.6) is 0 Å². The van der Waals surface area contributed by atoms with Crippen molar-refractivity contribution in [1.29, 1.82) is 0 Å². The van der Waals surface area contributed by atoms with E-state index in [-0.39, 0.29) is 11.1 Å². The molecule has 19 heavy (non-hydrogen) atoms. The smallest absolute Gasteiger partial charge is 0.339 e. The van der Waals surface area contributed by atoms with Crippen molar-refractivity contribution in [3.63, 3.8) is 0 Å². The number of hydrogen-bond donors (Lipinski definition) is 1. The molecular formula is C14H17BrO4. The number of carboxylic acid groups (broad SMARTS) is 1. The van der Waals surface area contributed by atoms with Crippen LogP contribution >= 0.6 is 15.9 Å². The fourth-order valence-corrected chi connectivity index (χ4v) is 2.04. The van der Waals surface area contributed by atoms with E-state index in [2.05, 4.69) is 15.9 Å². The van der Waals surface area contributed by atoms with E-state index in [1.807, 2.05) is 0 Å². The minimum atomic E-state index is -1.12. The number of esters is 1. The van der Waals surface area contributed by atoms with Gasteiger partial charge in [-0.15, -0.1) is 0 Å². The molecular weight excluding hydrogens is 312 g/mol. The average molecular weight is 329 g/mol. The lowest BCUT2D eigenvalue weighted by Crippen LogP contribution is -2.12. The van der Waals surface area contributed by atoms with Crippen molar-refractivity contribution in [3.05, 3.63) is 35.4 Å². The van der Waals surface area contributed by atoms with Gasteiger partial charge in [-0.05, 0) is 25.0 Å². The first-order chi connectivity index (χ1) is 9.16. The largest absolute Gasteiger partial charge is 0.478 e. The molecule has 0 saturated carbocycles. The van der Waals surface area contributed by atoms with E-state index in [1.54, 1.807) is 12.1 Å². The zero-order chi connectivity index (χ0) is 14.1. The second-order valence-electron chi connectivity index (χ2n) is 4.09. The summed E-state index contributed by atoms with van der Waals surface area (Å²) in [6.07, 6.45) is 4.00. The number of carbonyl (C=O) groups excluding carboxylic acids is 1. The SMILES string of the molecule is O=C(O)c1ccccc1C(=O)OCCCCCCBr. The normalized spacial score (nSPS) is 10.2. The van der Waals surface area contributed by atoms with E-state index >= 15 is 0 Å². The summed E-state index contributed by atoms with van der Waals surface area (Å²) >= 11 is 3.35. The van der Waals surface area contributed by atoms with Gasteiger partial charge in [0.2, 0.25) is 0 Å². The van der Waals surface area contributed by atoms with Gasteiger partial charge < -0.3 is 9.84 Å². The first-order valence-corrected chi connectivity index (χ1v) is 7.34. The minimum Gasteiger partial charge on any atom is -0.478 e. The molecule has 0 unspecified atom stereocenters. The Kier molecular flexibility index (Phi) is 7.18. The maximum atomic E-state index is 11.8. The Morgan fingerprint density at radius 1 is 1.05 bits per heavy atom. The van der Waals surface area contributed by atoms with Crippen molar-refractivity contribution in [2.45, 2.75) is 25.7 Å². The van der Waals surface area contributed by atoms with Gasteiger partial charge in [0.25, 0.3) is 0 Å². The lowest BCUT2D eigenvalue weighted by molar-refractivity contribution is 0.0487. The van der Waals surface area contributed by atoms with Crippen LogP contribution in [0.25, 0.3) is 0 Å². The van der Waals surface area contributed by atoms with Crippen LogP contribution < -0.4 is 0 Å². The second kappa shape index (κ2) is 8.69. The van der Waals surface area contributed by atoms with E-state index in [4.69, 9.17) is 9.84 Å². The molecule has 0 spiro atoms. The molecule has 0 amide bonds. The molecule has 1 N–H and O–H groups in total. The van der Waals surface area contributed by atoms with Crippen molar-refractivity contribution in [3.8, 4) is 0 Å². The molecule has 0 bridgehead atoms. The first kappa shape index (κ1) is 15.7. The van der Waals surface area contributed by atoms with Crippen molar-refractivity contribution in [2.75, 3.05) is 11.9 Å². The molecule has 0 radical (unpaired) electrons. The maximum absolute atomic E-state index is 11.8. The number of carboxylic acids is 1. The van der Waals surface area contributed by atoms with Crippen molar-refractivity contribution in [1.82, 2.24) is 0 Å². The number of carbonyl (C=O) groups is 2. The molecule has 0 aromatic heterocycles. The fraction of sp³-hybridized carbons (Fsp3) is 0.429. The van der Waals surface area contributed by atoms with Gasteiger partial charge in [0.1, 0.15) is 0 Å². The molecule has 0 heterocycles. The molecule has 0 aliphatic heterocycles. The van der Waals surface area contributed by atoms with Gasteiger partial charge in [-0.1, -0.05) is 40.9 Å². The molecule has 1 aromatic carbocycles. The highest BCUT2D eigenvalue weighted by atomic mass is 79.9. The maximum Gasteiger partial charge on any atom is 0.339 e. The van der Waals surface area contributed by atoms with Crippen LogP contribution in [0.1, 0.15) is 46.4 Å². The Hall–Kier alpha value is -1.36. The Balaban J connectivity index is 2.43. The number of halogens is 1. The van der Waals surface area contributed by atoms with Crippen LogP contribution in [-0.4, -0.2) is 29.0 Å². The van der Waals surface area contributed by atoms with E-state index in [0.717, 1.165) is 31.0 Å². The molecule has 0 atom stereocenters. The van der Waals surface area contributed by atoms with Gasteiger partial charge in [0.15, 0.2) is 0 Å². The van der Waals surface area contributed by atoms with Gasteiger partial charge in [0, 0.05) is 5.33 Å². The monoisotopic (exact) mass is 328 g/mol. The fourth-order valence-electron chi connectivity index (χ4n) is 1.64. The molecule has 5 heteroatoms. The zero-order valence-electron chi connectivity index (χ0n) is 10.6. The summed E-state index contributed by atoms with van der Waals surface area (Å²) in [7, 11) is 0. The molecule has 0 aliphatic carbocycles. The van der Waals surface area contributed by atoms with Gasteiger partial charge in [-0.3, -0.25) is 0 Å². The van der Waals surface area contributed by atoms with E-state index in [9.17, 15) is 9.59 Å². The van der Waals surface area contributed by atoms with Crippen molar-refractivity contribution < 1.29 is 19.4 Å². The van der Waals surface area contributed by atoms with Crippen LogP contribution in [0.15, 0.2) is 24.3 Å². The Bertz CT molecular complexity index is 431. The number of alkyl halides is 1. The third-order valence-corrected chi connectivity index (χ3v) is 3.20. The number of rotatable bonds is 8. The zero-order valence-corrected chi connectivity index (χ0v) is 12.2. The summed E-state index contributed by atoms with van der Waals surface area (Å²) in [4.78, 5) is 22.7. The van der Waals surface area contributed by atoms with Gasteiger partial charge in [-0.25, -0.2) is 9.59 Å². The van der Waals surface area contributed by atoms with Gasteiger partial charge in [0.05, 0.1) is 17.7 Å². The lowest BCUT2D eigenvalue weighted by atomic mass is 10.1. The highest BCUT2D eigenvalue weighted by Gasteiger charge is 2.16. The van der Waals surface area contributed by atoms with Gasteiger partial charge >= 0.3 is 11.9 Å². The van der Waals surface area contributed by atoms with Crippen molar-refractivity contribution in [2.24, 2.45) is 0 Å². The third kappa shape index (κ3) is 5.42. The van der Waals surface area contributed by atoms with Crippen LogP contribution in [0.2, 0.25) is 0 Å². The number of ether oxygens (including phenoxy) is 1. The highest BCUT2D eigenvalue weighted by Crippen LogP contribution is 2.11. The van der Waals surface area contributed by atoms with E-state index < -0.39 is 11.9 Å². The molecule has 4 nitrogen and oxygen atoms in total. The number of hydrogen-bond acceptors (Lipinski definition) is 3. The Labute approximate surface area is 120 Å². The van der Waals surface area contributed by atoms with Crippen LogP contribution in [0, 0.1) is 0 Å². The minimum absolute atomic E-state index is 0.0215. The number of aromatic carboxylic acids is 1. The average Bonchev–Trinajstić information content (AvgIpc) is 2.42. The van der Waals surface area contributed by atoms with Crippen LogP contribution in [0.4, 0.5) is 0 Å². The summed E-state index contributed by atoms with van der Waals surface area (Å²) in [5, 5.41) is 9.96. The summed E-state index contributed by atoms with van der Waals surface area (Å²) in [6, 6.07) is 6.07. The standard InChI is InChI=1S/C14H17BrO4/c15-9-5-1-2-6-10-19-14(18)12-8-4-3-7-11(12)13(16)17/h3-4,7-8H,1-2,5-6,9-10H2,(H,16,17). The van der Waals surface area contributed by atoms with Crippen LogP contribution in [-0.2, 0) is 4.74 Å². The topological polar surface area (TPSA) is 63.6 Å². The first-order valence-electron chi connectivity index (χ1n) is 6.22. The predicted octanol–water partition coefficient (Wildman–Crippen LogP) is 3.50. The lowest BCUT2D eigenvalue weighted by Gasteiger charge is -2.06. The molecule has 104 valence electrons. The molecule has 1 rings (SSSR count). The van der Waals surface area contributed by atoms with Crippen molar-refractivity contribution >= 4 is 27.9 Å². The van der Waals surface area contributed by atoms with E-state index in [0.29, 0.717) is 6.61 Å². The predicted molar refractivity (Wildman–Crippen MR) is 75.9 cm³/mol. The molecule has 0 aliphatic rings. The third-order valence-electron chi connectivity index (χ3n) is 2.64. The summed E-state index contributed by atoms with van der Waals surface area (Å²) in [5.74, 6) is -1.69. The summed E-state index contributed by atoms with van der Waals surface area (Å²) < 4.78 is 5.09.